The number of aromatic amines is 1. The lowest BCUT2D eigenvalue weighted by molar-refractivity contribution is -0.114. The second-order valence-electron chi connectivity index (χ2n) is 7.64. The molecule has 1 aliphatic rings. The molecule has 0 saturated carbocycles. The van der Waals surface area contributed by atoms with Crippen molar-refractivity contribution < 1.29 is 9.59 Å². The topological polar surface area (TPSA) is 90.1 Å². The maximum absolute atomic E-state index is 12.5. The third kappa shape index (κ3) is 5.24. The first-order valence-electron chi connectivity index (χ1n) is 10.2. The molecule has 1 fully saturated rings. The number of nitrogens with one attached hydrogen (secondary N) is 3. The number of H-pyrrole nitrogens is 1. The highest BCUT2D eigenvalue weighted by Gasteiger charge is 2.23. The molecule has 1 aromatic heterocycles. The van der Waals surface area contributed by atoms with Gasteiger partial charge >= 0.3 is 0 Å². The summed E-state index contributed by atoms with van der Waals surface area (Å²) in [6.07, 6.45) is 1.69. The zero-order chi connectivity index (χ0) is 21.8. The number of anilines is 2. The zero-order valence-corrected chi connectivity index (χ0v) is 17.9. The van der Waals surface area contributed by atoms with E-state index in [4.69, 9.17) is 11.6 Å². The Kier molecular flexibility index (Phi) is 6.23. The molecule has 3 aromatic rings. The predicted molar refractivity (Wildman–Crippen MR) is 122 cm³/mol. The van der Waals surface area contributed by atoms with Gasteiger partial charge in [-0.25, -0.2) is 0 Å². The van der Waals surface area contributed by atoms with E-state index in [9.17, 15) is 9.59 Å². The molecule has 2 amide bonds. The molecule has 1 saturated heterocycles. The second kappa shape index (κ2) is 9.22. The number of hydrogen-bond donors (Lipinski definition) is 3. The van der Waals surface area contributed by atoms with E-state index in [1.807, 2.05) is 30.3 Å². The van der Waals surface area contributed by atoms with Crippen LogP contribution >= 0.6 is 11.6 Å². The van der Waals surface area contributed by atoms with E-state index >= 15 is 0 Å². The summed E-state index contributed by atoms with van der Waals surface area (Å²) < 4.78 is 0. The highest BCUT2D eigenvalue weighted by Crippen LogP contribution is 2.25. The number of carbonyl (C=O) groups is 2. The molecule has 0 aliphatic carbocycles. The van der Waals surface area contributed by atoms with Crippen LogP contribution in [-0.2, 0) is 4.79 Å². The van der Waals surface area contributed by atoms with E-state index in [0.29, 0.717) is 16.3 Å². The standard InChI is InChI=1S/C23H24ClN5O2/c1-15(30)25-19-8-4-17(5-9-19)23(31)26-20-10-12-29(13-11-20)22-14-21(27-28-22)16-2-6-18(24)7-3-16/h2-9,14,20H,10-13H2,1H3,(H,25,30)(H,26,31)(H,27,28). The Morgan fingerprint density at radius 2 is 1.74 bits per heavy atom. The van der Waals surface area contributed by atoms with Crippen LogP contribution in [0, 0.1) is 0 Å². The third-order valence-electron chi connectivity index (χ3n) is 5.34. The van der Waals surface area contributed by atoms with Crippen molar-refractivity contribution in [3.05, 3.63) is 65.2 Å². The van der Waals surface area contributed by atoms with Crippen LogP contribution in [-0.4, -0.2) is 41.1 Å². The summed E-state index contributed by atoms with van der Waals surface area (Å²) in [5.41, 5.74) is 3.24. The van der Waals surface area contributed by atoms with Gasteiger partial charge in [-0.3, -0.25) is 14.7 Å². The number of aromatic nitrogens is 2. The molecule has 1 aliphatic heterocycles. The minimum absolute atomic E-state index is 0.0994. The van der Waals surface area contributed by atoms with Gasteiger partial charge in [-0.1, -0.05) is 23.7 Å². The Labute approximate surface area is 185 Å². The fourth-order valence-corrected chi connectivity index (χ4v) is 3.81. The number of nitrogens with zero attached hydrogens (tertiary/aromatic N) is 2. The first-order chi connectivity index (χ1) is 15.0. The summed E-state index contributed by atoms with van der Waals surface area (Å²) >= 11 is 5.96. The van der Waals surface area contributed by atoms with Gasteiger partial charge in [-0.2, -0.15) is 5.10 Å². The van der Waals surface area contributed by atoms with Gasteiger partial charge in [0.15, 0.2) is 5.82 Å². The lowest BCUT2D eigenvalue weighted by atomic mass is 10.0. The monoisotopic (exact) mass is 437 g/mol. The maximum Gasteiger partial charge on any atom is 0.251 e. The molecule has 8 heteroatoms. The Hall–Kier alpha value is -3.32. The highest BCUT2D eigenvalue weighted by molar-refractivity contribution is 6.30. The van der Waals surface area contributed by atoms with E-state index in [0.717, 1.165) is 43.0 Å². The quantitative estimate of drug-likeness (QED) is 0.560. The Bertz CT molecular complexity index is 1050. The van der Waals surface area contributed by atoms with Gasteiger partial charge in [0.05, 0.1) is 5.69 Å². The molecule has 4 rings (SSSR count). The Balaban J connectivity index is 1.30. The summed E-state index contributed by atoms with van der Waals surface area (Å²) in [6.45, 7) is 3.09. The first kappa shape index (κ1) is 20.9. The molecular weight excluding hydrogens is 414 g/mol. The van der Waals surface area contributed by atoms with Gasteiger partial charge in [-0.15, -0.1) is 0 Å². The smallest absolute Gasteiger partial charge is 0.251 e. The summed E-state index contributed by atoms with van der Waals surface area (Å²) in [7, 11) is 0. The van der Waals surface area contributed by atoms with Crippen molar-refractivity contribution in [2.75, 3.05) is 23.3 Å². The van der Waals surface area contributed by atoms with Crippen LogP contribution in [0.3, 0.4) is 0 Å². The third-order valence-corrected chi connectivity index (χ3v) is 5.59. The lowest BCUT2D eigenvalue weighted by Crippen LogP contribution is -2.44. The van der Waals surface area contributed by atoms with Crippen molar-refractivity contribution in [2.45, 2.75) is 25.8 Å². The van der Waals surface area contributed by atoms with Gasteiger partial charge in [0, 0.05) is 48.4 Å². The van der Waals surface area contributed by atoms with E-state index in [1.165, 1.54) is 6.92 Å². The normalized spacial score (nSPS) is 14.3. The van der Waals surface area contributed by atoms with Crippen LogP contribution in [0.1, 0.15) is 30.1 Å². The SMILES string of the molecule is CC(=O)Nc1ccc(C(=O)NC2CCN(c3cc(-c4ccc(Cl)cc4)[nH]n3)CC2)cc1. The fraction of sp³-hybridized carbons (Fsp3) is 0.261. The van der Waals surface area contributed by atoms with Crippen molar-refractivity contribution in [1.29, 1.82) is 0 Å². The van der Waals surface area contributed by atoms with Crippen LogP contribution in [0.2, 0.25) is 5.02 Å². The fourth-order valence-electron chi connectivity index (χ4n) is 3.68. The van der Waals surface area contributed by atoms with Crippen molar-refractivity contribution in [3.63, 3.8) is 0 Å². The van der Waals surface area contributed by atoms with E-state index in [2.05, 4.69) is 25.7 Å². The molecule has 0 atom stereocenters. The van der Waals surface area contributed by atoms with Gasteiger partial charge in [0.2, 0.25) is 5.91 Å². The number of benzene rings is 2. The minimum Gasteiger partial charge on any atom is -0.355 e. The lowest BCUT2D eigenvalue weighted by Gasteiger charge is -2.32. The van der Waals surface area contributed by atoms with E-state index < -0.39 is 0 Å². The van der Waals surface area contributed by atoms with Gasteiger partial charge in [0.25, 0.3) is 5.91 Å². The largest absolute Gasteiger partial charge is 0.355 e. The number of rotatable bonds is 5. The first-order valence-corrected chi connectivity index (χ1v) is 10.6. The maximum atomic E-state index is 12.5. The summed E-state index contributed by atoms with van der Waals surface area (Å²) in [4.78, 5) is 25.9. The number of amides is 2. The summed E-state index contributed by atoms with van der Waals surface area (Å²) in [5.74, 6) is 0.669. The molecule has 2 heterocycles. The summed E-state index contributed by atoms with van der Waals surface area (Å²) in [6, 6.07) is 16.7. The molecule has 0 spiro atoms. The van der Waals surface area contributed by atoms with Crippen molar-refractivity contribution in [2.24, 2.45) is 0 Å². The van der Waals surface area contributed by atoms with Crippen LogP contribution in [0.25, 0.3) is 11.3 Å². The van der Waals surface area contributed by atoms with Crippen LogP contribution in [0.5, 0.6) is 0 Å². The molecule has 3 N–H and O–H groups in total. The van der Waals surface area contributed by atoms with Crippen molar-refractivity contribution in [1.82, 2.24) is 15.5 Å². The molecule has 2 aromatic carbocycles. The van der Waals surface area contributed by atoms with E-state index in [-0.39, 0.29) is 17.9 Å². The average Bonchev–Trinajstić information content (AvgIpc) is 3.25. The van der Waals surface area contributed by atoms with Gasteiger partial charge in [-0.05, 0) is 54.8 Å². The van der Waals surface area contributed by atoms with Crippen molar-refractivity contribution >= 4 is 34.9 Å². The average molecular weight is 438 g/mol. The summed E-state index contributed by atoms with van der Waals surface area (Å²) in [5, 5.41) is 14.1. The van der Waals surface area contributed by atoms with Crippen LogP contribution in [0.15, 0.2) is 54.6 Å². The second-order valence-corrected chi connectivity index (χ2v) is 8.08. The Morgan fingerprint density at radius 1 is 1.06 bits per heavy atom. The molecule has 0 unspecified atom stereocenters. The molecule has 0 radical (unpaired) electrons. The zero-order valence-electron chi connectivity index (χ0n) is 17.2. The van der Waals surface area contributed by atoms with E-state index in [1.54, 1.807) is 24.3 Å². The van der Waals surface area contributed by atoms with Gasteiger partial charge < -0.3 is 15.5 Å². The van der Waals surface area contributed by atoms with Crippen LogP contribution < -0.4 is 15.5 Å². The highest BCUT2D eigenvalue weighted by atomic mass is 35.5. The number of piperidine rings is 1. The number of halogens is 1. The number of carbonyl (C=O) groups excluding carboxylic acids is 2. The van der Waals surface area contributed by atoms with Crippen LogP contribution in [0.4, 0.5) is 11.5 Å². The molecule has 0 bridgehead atoms. The predicted octanol–water partition coefficient (Wildman–Crippen LogP) is 4.09. The number of hydrogen-bond acceptors (Lipinski definition) is 4. The van der Waals surface area contributed by atoms with Gasteiger partial charge in [0.1, 0.15) is 0 Å². The molecule has 31 heavy (non-hydrogen) atoms. The molecule has 7 nitrogen and oxygen atoms in total. The Morgan fingerprint density at radius 3 is 2.39 bits per heavy atom. The van der Waals surface area contributed by atoms with Crippen molar-refractivity contribution in [3.8, 4) is 11.3 Å². The minimum atomic E-state index is -0.138. The molecule has 160 valence electrons. The molecular formula is C23H24ClN5O2.